The van der Waals surface area contributed by atoms with Gasteiger partial charge in [0.1, 0.15) is 0 Å². The predicted molar refractivity (Wildman–Crippen MR) is 75.9 cm³/mol. The van der Waals surface area contributed by atoms with Crippen molar-refractivity contribution < 1.29 is 9.47 Å². The van der Waals surface area contributed by atoms with Gasteiger partial charge in [-0.1, -0.05) is 20.8 Å². The second-order valence-electron chi connectivity index (χ2n) is 5.77. The third kappa shape index (κ3) is 7.34. The fourth-order valence-electron chi connectivity index (χ4n) is 2.30. The summed E-state index contributed by atoms with van der Waals surface area (Å²) in [5.74, 6) is 0.783. The van der Waals surface area contributed by atoms with Crippen LogP contribution in [0.5, 0.6) is 0 Å². The summed E-state index contributed by atoms with van der Waals surface area (Å²) in [5, 5.41) is 3.42. The van der Waals surface area contributed by atoms with E-state index in [0.29, 0.717) is 12.2 Å². The lowest BCUT2D eigenvalue weighted by molar-refractivity contribution is -0.0151. The minimum absolute atomic E-state index is 0.331. The first kappa shape index (κ1) is 15.9. The molecule has 2 atom stereocenters. The van der Waals surface area contributed by atoms with Crippen molar-refractivity contribution in [2.75, 3.05) is 26.3 Å². The van der Waals surface area contributed by atoms with Gasteiger partial charge in [-0.2, -0.15) is 0 Å². The normalized spacial score (nSPS) is 24.0. The van der Waals surface area contributed by atoms with Crippen molar-refractivity contribution in [3.63, 3.8) is 0 Å². The van der Waals surface area contributed by atoms with E-state index in [2.05, 4.69) is 26.1 Å². The number of rotatable bonds is 10. The molecule has 1 aliphatic rings. The Balaban J connectivity index is 1.94. The molecule has 1 fully saturated rings. The molecule has 2 unspecified atom stereocenters. The van der Waals surface area contributed by atoms with Crippen molar-refractivity contribution in [3.05, 3.63) is 0 Å². The quantitative estimate of drug-likeness (QED) is 0.610. The standard InChI is InChI=1S/C15H31NO2/c1-4-9-16-11-14-7-8-15(18-14)12-17-10-5-6-13(2)3/h13-16H,4-12H2,1-3H3. The summed E-state index contributed by atoms with van der Waals surface area (Å²) in [5.41, 5.74) is 0. The monoisotopic (exact) mass is 257 g/mol. The van der Waals surface area contributed by atoms with Crippen molar-refractivity contribution in [1.29, 1.82) is 0 Å². The molecular weight excluding hydrogens is 226 g/mol. The Morgan fingerprint density at radius 3 is 2.78 bits per heavy atom. The second kappa shape index (κ2) is 9.76. The molecule has 18 heavy (non-hydrogen) atoms. The molecule has 0 radical (unpaired) electrons. The van der Waals surface area contributed by atoms with Gasteiger partial charge >= 0.3 is 0 Å². The van der Waals surface area contributed by atoms with E-state index in [0.717, 1.165) is 38.6 Å². The molecule has 0 amide bonds. The zero-order valence-electron chi connectivity index (χ0n) is 12.4. The molecular formula is C15H31NO2. The first-order chi connectivity index (χ1) is 8.72. The van der Waals surface area contributed by atoms with Crippen LogP contribution < -0.4 is 5.32 Å². The minimum Gasteiger partial charge on any atom is -0.379 e. The zero-order chi connectivity index (χ0) is 13.2. The molecule has 0 aromatic rings. The first-order valence-electron chi connectivity index (χ1n) is 7.66. The van der Waals surface area contributed by atoms with E-state index in [4.69, 9.17) is 9.47 Å². The largest absolute Gasteiger partial charge is 0.379 e. The van der Waals surface area contributed by atoms with E-state index in [9.17, 15) is 0 Å². The third-order valence-corrected chi connectivity index (χ3v) is 3.37. The van der Waals surface area contributed by atoms with Crippen LogP contribution >= 0.6 is 0 Å². The van der Waals surface area contributed by atoms with Gasteiger partial charge in [-0.25, -0.2) is 0 Å². The molecule has 3 heteroatoms. The summed E-state index contributed by atoms with van der Waals surface area (Å²) in [7, 11) is 0. The van der Waals surface area contributed by atoms with E-state index in [1.54, 1.807) is 0 Å². The minimum atomic E-state index is 0.331. The van der Waals surface area contributed by atoms with Crippen LogP contribution in [0.1, 0.15) is 52.9 Å². The average molecular weight is 257 g/mol. The van der Waals surface area contributed by atoms with Crippen LogP contribution in [0, 0.1) is 5.92 Å². The number of hydrogen-bond donors (Lipinski definition) is 1. The lowest BCUT2D eigenvalue weighted by Crippen LogP contribution is -2.28. The maximum absolute atomic E-state index is 5.95. The molecule has 108 valence electrons. The molecule has 1 saturated heterocycles. The Morgan fingerprint density at radius 2 is 2.06 bits per heavy atom. The summed E-state index contributed by atoms with van der Waals surface area (Å²) in [6.45, 7) is 10.5. The molecule has 0 saturated carbocycles. The van der Waals surface area contributed by atoms with Crippen LogP contribution in [0.2, 0.25) is 0 Å². The first-order valence-corrected chi connectivity index (χ1v) is 7.66. The lowest BCUT2D eigenvalue weighted by Gasteiger charge is -2.14. The Morgan fingerprint density at radius 1 is 1.28 bits per heavy atom. The van der Waals surface area contributed by atoms with Gasteiger partial charge in [0.15, 0.2) is 0 Å². The van der Waals surface area contributed by atoms with Gasteiger partial charge in [0, 0.05) is 13.2 Å². The summed E-state index contributed by atoms with van der Waals surface area (Å²) in [4.78, 5) is 0. The van der Waals surface area contributed by atoms with E-state index in [1.807, 2.05) is 0 Å². The summed E-state index contributed by atoms with van der Waals surface area (Å²) in [6.07, 6.45) is 6.69. The van der Waals surface area contributed by atoms with E-state index in [-0.39, 0.29) is 0 Å². The van der Waals surface area contributed by atoms with Gasteiger partial charge in [-0.15, -0.1) is 0 Å². The fraction of sp³-hybridized carbons (Fsp3) is 1.00. The third-order valence-electron chi connectivity index (χ3n) is 3.37. The van der Waals surface area contributed by atoms with Crippen molar-refractivity contribution in [2.24, 2.45) is 5.92 Å². The van der Waals surface area contributed by atoms with Crippen LogP contribution in [-0.4, -0.2) is 38.5 Å². The maximum Gasteiger partial charge on any atom is 0.0813 e. The topological polar surface area (TPSA) is 30.5 Å². The molecule has 0 aromatic heterocycles. The van der Waals surface area contributed by atoms with Gasteiger partial charge in [-0.05, 0) is 44.6 Å². The maximum atomic E-state index is 5.95. The SMILES string of the molecule is CCCNCC1CCC(COCCCC(C)C)O1. The van der Waals surface area contributed by atoms with Crippen molar-refractivity contribution >= 4 is 0 Å². The highest BCUT2D eigenvalue weighted by Crippen LogP contribution is 2.19. The van der Waals surface area contributed by atoms with E-state index in [1.165, 1.54) is 25.7 Å². The van der Waals surface area contributed by atoms with Crippen LogP contribution in [0.3, 0.4) is 0 Å². The Hall–Kier alpha value is -0.120. The number of nitrogens with one attached hydrogen (secondary N) is 1. The molecule has 1 aliphatic heterocycles. The van der Waals surface area contributed by atoms with Crippen LogP contribution in [0.15, 0.2) is 0 Å². The Labute approximate surface area is 113 Å². The molecule has 0 bridgehead atoms. The molecule has 1 heterocycles. The van der Waals surface area contributed by atoms with E-state index < -0.39 is 0 Å². The molecule has 0 spiro atoms. The van der Waals surface area contributed by atoms with Crippen molar-refractivity contribution in [2.45, 2.75) is 65.1 Å². The van der Waals surface area contributed by atoms with Gasteiger partial charge in [0.05, 0.1) is 18.8 Å². The zero-order valence-corrected chi connectivity index (χ0v) is 12.4. The fourth-order valence-corrected chi connectivity index (χ4v) is 2.30. The highest BCUT2D eigenvalue weighted by atomic mass is 16.5. The Bertz CT molecular complexity index is 197. The smallest absolute Gasteiger partial charge is 0.0813 e. The van der Waals surface area contributed by atoms with Gasteiger partial charge < -0.3 is 14.8 Å². The molecule has 3 nitrogen and oxygen atoms in total. The van der Waals surface area contributed by atoms with Crippen LogP contribution in [-0.2, 0) is 9.47 Å². The van der Waals surface area contributed by atoms with Crippen molar-refractivity contribution in [1.82, 2.24) is 5.32 Å². The molecule has 1 N–H and O–H groups in total. The highest BCUT2D eigenvalue weighted by Gasteiger charge is 2.24. The van der Waals surface area contributed by atoms with Crippen molar-refractivity contribution in [3.8, 4) is 0 Å². The van der Waals surface area contributed by atoms with Gasteiger partial charge in [0.2, 0.25) is 0 Å². The summed E-state index contributed by atoms with van der Waals surface area (Å²) >= 11 is 0. The number of ether oxygens (including phenoxy) is 2. The molecule has 1 rings (SSSR count). The predicted octanol–water partition coefficient (Wildman–Crippen LogP) is 2.99. The highest BCUT2D eigenvalue weighted by molar-refractivity contribution is 4.75. The van der Waals surface area contributed by atoms with Gasteiger partial charge in [0.25, 0.3) is 0 Å². The summed E-state index contributed by atoms with van der Waals surface area (Å²) in [6, 6.07) is 0. The average Bonchev–Trinajstić information content (AvgIpc) is 2.77. The van der Waals surface area contributed by atoms with E-state index >= 15 is 0 Å². The van der Waals surface area contributed by atoms with Gasteiger partial charge in [-0.3, -0.25) is 0 Å². The van der Waals surface area contributed by atoms with Crippen LogP contribution in [0.25, 0.3) is 0 Å². The Kier molecular flexibility index (Phi) is 8.64. The summed E-state index contributed by atoms with van der Waals surface area (Å²) < 4.78 is 11.6. The molecule has 0 aliphatic carbocycles. The second-order valence-corrected chi connectivity index (χ2v) is 5.77. The number of hydrogen-bond acceptors (Lipinski definition) is 3. The lowest BCUT2D eigenvalue weighted by atomic mass is 10.1. The van der Waals surface area contributed by atoms with Crippen LogP contribution in [0.4, 0.5) is 0 Å². The molecule has 0 aromatic carbocycles.